The van der Waals surface area contributed by atoms with E-state index in [-0.39, 0.29) is 17.6 Å². The van der Waals surface area contributed by atoms with Gasteiger partial charge in [0, 0.05) is 11.3 Å². The number of anilines is 1. The first kappa shape index (κ1) is 22.6. The summed E-state index contributed by atoms with van der Waals surface area (Å²) in [4.78, 5) is 39.3. The second-order valence-corrected chi connectivity index (χ2v) is 9.04. The Morgan fingerprint density at radius 3 is 2.64 bits per heavy atom. The van der Waals surface area contributed by atoms with Crippen LogP contribution in [-0.4, -0.2) is 34.6 Å². The molecule has 0 saturated carbocycles. The molecule has 33 heavy (non-hydrogen) atoms. The number of fused-ring (bicyclic) bond motifs is 1. The quantitative estimate of drug-likeness (QED) is 0.484. The maximum Gasteiger partial charge on any atom is 0.294 e. The smallest absolute Gasteiger partial charge is 0.294 e. The van der Waals surface area contributed by atoms with E-state index >= 15 is 0 Å². The molecule has 0 unspecified atom stereocenters. The van der Waals surface area contributed by atoms with Gasteiger partial charge >= 0.3 is 0 Å². The molecule has 3 aromatic rings. The van der Waals surface area contributed by atoms with Crippen LogP contribution in [0.3, 0.4) is 0 Å². The number of benzene rings is 3. The molecule has 1 saturated heterocycles. The molecule has 6 nitrogen and oxygen atoms in total. The van der Waals surface area contributed by atoms with Gasteiger partial charge in [0.25, 0.3) is 11.1 Å². The van der Waals surface area contributed by atoms with Gasteiger partial charge in [-0.2, -0.15) is 0 Å². The van der Waals surface area contributed by atoms with Gasteiger partial charge in [-0.3, -0.25) is 19.3 Å². The summed E-state index contributed by atoms with van der Waals surface area (Å²) in [6.45, 7) is 5.43. The molecule has 1 heterocycles. The SMILES string of the molecule is Cc1cccc(NC(=O)CN2C(=O)SC(=Cc3c(OC(C)C)ccc4ccccc34)C2=O)c1. The number of ether oxygens (including phenoxy) is 1. The maximum atomic E-state index is 13.0. The second-order valence-electron chi connectivity index (χ2n) is 8.05. The third kappa shape index (κ3) is 5.09. The lowest BCUT2D eigenvalue weighted by Crippen LogP contribution is -2.36. The van der Waals surface area contributed by atoms with Crippen LogP contribution in [0.25, 0.3) is 16.8 Å². The predicted molar refractivity (Wildman–Crippen MR) is 132 cm³/mol. The van der Waals surface area contributed by atoms with E-state index in [1.807, 2.05) is 75.4 Å². The summed E-state index contributed by atoms with van der Waals surface area (Å²) in [5.74, 6) is -0.293. The van der Waals surface area contributed by atoms with E-state index in [0.717, 1.165) is 38.6 Å². The van der Waals surface area contributed by atoms with Crippen LogP contribution in [0.15, 0.2) is 65.6 Å². The van der Waals surface area contributed by atoms with E-state index in [9.17, 15) is 14.4 Å². The minimum absolute atomic E-state index is 0.0568. The summed E-state index contributed by atoms with van der Waals surface area (Å²) in [5.41, 5.74) is 2.35. The summed E-state index contributed by atoms with van der Waals surface area (Å²) in [6.07, 6.45) is 1.63. The Morgan fingerprint density at radius 2 is 1.88 bits per heavy atom. The molecule has 0 radical (unpaired) electrons. The minimum Gasteiger partial charge on any atom is -0.490 e. The average Bonchev–Trinajstić information content (AvgIpc) is 3.02. The molecule has 1 aliphatic rings. The largest absolute Gasteiger partial charge is 0.490 e. The van der Waals surface area contributed by atoms with Crippen molar-refractivity contribution in [1.82, 2.24) is 4.90 Å². The second kappa shape index (κ2) is 9.50. The summed E-state index contributed by atoms with van der Waals surface area (Å²) in [7, 11) is 0. The van der Waals surface area contributed by atoms with Crippen LogP contribution in [-0.2, 0) is 9.59 Å². The molecule has 0 spiro atoms. The zero-order chi connectivity index (χ0) is 23.5. The Bertz CT molecular complexity index is 1280. The Hall–Kier alpha value is -3.58. The topological polar surface area (TPSA) is 75.7 Å². The predicted octanol–water partition coefficient (Wildman–Crippen LogP) is 5.61. The van der Waals surface area contributed by atoms with E-state index in [0.29, 0.717) is 11.4 Å². The molecule has 0 aromatic heterocycles. The number of aryl methyl sites for hydroxylation is 1. The first-order valence-corrected chi connectivity index (χ1v) is 11.4. The van der Waals surface area contributed by atoms with Gasteiger partial charge < -0.3 is 10.1 Å². The highest BCUT2D eigenvalue weighted by Gasteiger charge is 2.36. The Morgan fingerprint density at radius 1 is 1.09 bits per heavy atom. The highest BCUT2D eigenvalue weighted by Crippen LogP contribution is 2.37. The number of nitrogens with one attached hydrogen (secondary N) is 1. The molecule has 3 amide bonds. The zero-order valence-electron chi connectivity index (χ0n) is 18.6. The van der Waals surface area contributed by atoms with Gasteiger partial charge in [-0.25, -0.2) is 0 Å². The molecule has 0 atom stereocenters. The Balaban J connectivity index is 1.60. The highest BCUT2D eigenvalue weighted by molar-refractivity contribution is 8.18. The van der Waals surface area contributed by atoms with E-state index in [1.54, 1.807) is 12.1 Å². The molecular formula is C26H24N2O4S. The number of hydrogen-bond donors (Lipinski definition) is 1. The van der Waals surface area contributed by atoms with Crippen LogP contribution >= 0.6 is 11.8 Å². The first-order chi connectivity index (χ1) is 15.8. The first-order valence-electron chi connectivity index (χ1n) is 10.6. The molecule has 3 aromatic carbocycles. The molecule has 7 heteroatoms. The van der Waals surface area contributed by atoms with E-state index in [1.165, 1.54) is 0 Å². The van der Waals surface area contributed by atoms with Crippen LogP contribution in [0.1, 0.15) is 25.0 Å². The number of carbonyl (C=O) groups excluding carboxylic acids is 3. The summed E-state index contributed by atoms with van der Waals surface area (Å²) in [5, 5.41) is 4.17. The highest BCUT2D eigenvalue weighted by atomic mass is 32.2. The standard InChI is InChI=1S/C26H24N2O4S/c1-16(2)32-22-12-11-18-8-4-5-10-20(18)21(22)14-23-25(30)28(26(31)33-23)15-24(29)27-19-9-6-7-17(3)13-19/h4-14,16H,15H2,1-3H3,(H,27,29). The number of hydrogen-bond acceptors (Lipinski definition) is 5. The van der Waals surface area contributed by atoms with Gasteiger partial charge in [-0.15, -0.1) is 0 Å². The van der Waals surface area contributed by atoms with Gasteiger partial charge in [0.15, 0.2) is 0 Å². The number of nitrogens with zero attached hydrogens (tertiary/aromatic N) is 1. The fourth-order valence-electron chi connectivity index (χ4n) is 3.62. The van der Waals surface area contributed by atoms with Crippen molar-refractivity contribution in [2.45, 2.75) is 26.9 Å². The molecule has 4 rings (SSSR count). The molecule has 168 valence electrons. The normalized spacial score (nSPS) is 15.0. The third-order valence-corrected chi connectivity index (χ3v) is 5.95. The van der Waals surface area contributed by atoms with Crippen molar-refractivity contribution in [3.63, 3.8) is 0 Å². The van der Waals surface area contributed by atoms with Crippen LogP contribution in [0.4, 0.5) is 10.5 Å². The number of imide groups is 1. The third-order valence-electron chi connectivity index (χ3n) is 5.05. The molecular weight excluding hydrogens is 436 g/mol. The van der Waals surface area contributed by atoms with E-state index in [4.69, 9.17) is 4.74 Å². The summed E-state index contributed by atoms with van der Waals surface area (Å²) in [6, 6.07) is 18.9. The van der Waals surface area contributed by atoms with Crippen molar-refractivity contribution < 1.29 is 19.1 Å². The van der Waals surface area contributed by atoms with Gasteiger partial charge in [-0.05, 0) is 73.1 Å². The molecule has 0 bridgehead atoms. The van der Waals surface area contributed by atoms with Crippen LogP contribution in [0.2, 0.25) is 0 Å². The van der Waals surface area contributed by atoms with Crippen molar-refractivity contribution in [3.05, 3.63) is 76.7 Å². The van der Waals surface area contributed by atoms with Crippen molar-refractivity contribution in [3.8, 4) is 5.75 Å². The van der Waals surface area contributed by atoms with Crippen LogP contribution < -0.4 is 10.1 Å². The van der Waals surface area contributed by atoms with Gasteiger partial charge in [0.2, 0.25) is 5.91 Å². The Kier molecular flexibility index (Phi) is 6.51. The van der Waals surface area contributed by atoms with Crippen molar-refractivity contribution in [2.75, 3.05) is 11.9 Å². The lowest BCUT2D eigenvalue weighted by Gasteiger charge is -2.15. The summed E-state index contributed by atoms with van der Waals surface area (Å²) < 4.78 is 5.97. The van der Waals surface area contributed by atoms with Crippen molar-refractivity contribution in [2.24, 2.45) is 0 Å². The zero-order valence-corrected chi connectivity index (χ0v) is 19.4. The number of carbonyl (C=O) groups is 3. The Labute approximate surface area is 196 Å². The molecule has 1 aliphatic heterocycles. The maximum absolute atomic E-state index is 13.0. The van der Waals surface area contributed by atoms with Crippen LogP contribution in [0, 0.1) is 6.92 Å². The molecule has 1 N–H and O–H groups in total. The summed E-state index contributed by atoms with van der Waals surface area (Å²) >= 11 is 0.826. The molecule has 1 fully saturated rings. The number of rotatable bonds is 6. The van der Waals surface area contributed by atoms with Crippen molar-refractivity contribution >= 4 is 51.4 Å². The number of thioether (sulfide) groups is 1. The van der Waals surface area contributed by atoms with Crippen molar-refractivity contribution in [1.29, 1.82) is 0 Å². The van der Waals surface area contributed by atoms with Gasteiger partial charge in [0.05, 0.1) is 11.0 Å². The minimum atomic E-state index is -0.493. The van der Waals surface area contributed by atoms with E-state index < -0.39 is 17.1 Å². The average molecular weight is 461 g/mol. The van der Waals surface area contributed by atoms with Crippen LogP contribution in [0.5, 0.6) is 5.75 Å². The number of amides is 3. The lowest BCUT2D eigenvalue weighted by atomic mass is 10.0. The van der Waals surface area contributed by atoms with Gasteiger partial charge in [0.1, 0.15) is 12.3 Å². The monoisotopic (exact) mass is 460 g/mol. The fraction of sp³-hybridized carbons (Fsp3) is 0.192. The van der Waals surface area contributed by atoms with E-state index in [2.05, 4.69) is 5.32 Å². The lowest BCUT2D eigenvalue weighted by molar-refractivity contribution is -0.127. The fourth-order valence-corrected chi connectivity index (χ4v) is 4.44. The molecule has 0 aliphatic carbocycles. The van der Waals surface area contributed by atoms with Gasteiger partial charge in [-0.1, -0.05) is 42.5 Å².